The summed E-state index contributed by atoms with van der Waals surface area (Å²) in [6.45, 7) is 0. The smallest absolute Gasteiger partial charge is 0.0622 e. The fourth-order valence-electron chi connectivity index (χ4n) is 9.18. The molecule has 0 amide bonds. The minimum atomic E-state index is -0.414. The van der Waals surface area contributed by atoms with E-state index in [2.05, 4.69) is 170 Å². The summed E-state index contributed by atoms with van der Waals surface area (Å²) in [5, 5.41) is 2.74. The van der Waals surface area contributed by atoms with Gasteiger partial charge in [-0.3, -0.25) is 0 Å². The highest BCUT2D eigenvalue weighted by molar-refractivity contribution is 6.21. The topological polar surface area (TPSA) is 0 Å². The molecule has 0 radical (unpaired) electrons. The van der Waals surface area contributed by atoms with Crippen molar-refractivity contribution in [1.82, 2.24) is 0 Å². The van der Waals surface area contributed by atoms with Crippen molar-refractivity contribution in [3.8, 4) is 66.8 Å². The van der Waals surface area contributed by atoms with Crippen molar-refractivity contribution in [2.45, 2.75) is 5.41 Å². The van der Waals surface area contributed by atoms with Crippen molar-refractivity contribution >= 4 is 10.8 Å². The highest BCUT2D eigenvalue weighted by atomic mass is 14.5. The average molecular weight is 593 g/mol. The zero-order valence-electron chi connectivity index (χ0n) is 25.7. The van der Waals surface area contributed by atoms with Crippen LogP contribution in [0.2, 0.25) is 0 Å². The fourth-order valence-corrected chi connectivity index (χ4v) is 9.18. The van der Waals surface area contributed by atoms with Crippen molar-refractivity contribution in [3.63, 3.8) is 0 Å². The van der Waals surface area contributed by atoms with Gasteiger partial charge in [-0.05, 0) is 118 Å². The Kier molecular flexibility index (Phi) is 4.86. The Morgan fingerprint density at radius 1 is 0.277 bits per heavy atom. The van der Waals surface area contributed by atoms with Crippen molar-refractivity contribution in [3.05, 3.63) is 192 Å². The van der Waals surface area contributed by atoms with Crippen LogP contribution < -0.4 is 0 Å². The Balaban J connectivity index is 1.24. The first-order valence-corrected chi connectivity index (χ1v) is 16.5. The molecule has 1 atom stereocenters. The van der Waals surface area contributed by atoms with Gasteiger partial charge >= 0.3 is 0 Å². The third-order valence-electron chi connectivity index (χ3n) is 11.0. The van der Waals surface area contributed by atoms with Gasteiger partial charge in [0.15, 0.2) is 0 Å². The van der Waals surface area contributed by atoms with E-state index in [1.54, 1.807) is 0 Å². The van der Waals surface area contributed by atoms with Crippen molar-refractivity contribution in [2.75, 3.05) is 0 Å². The molecule has 0 N–H and O–H groups in total. The molecule has 0 bridgehead atoms. The van der Waals surface area contributed by atoms with E-state index in [-0.39, 0.29) is 0 Å². The molecule has 0 saturated carbocycles. The summed E-state index contributed by atoms with van der Waals surface area (Å²) in [7, 11) is 0. The third-order valence-corrected chi connectivity index (χ3v) is 11.0. The lowest BCUT2D eigenvalue weighted by Gasteiger charge is -2.31. The molecule has 0 aliphatic heterocycles. The van der Waals surface area contributed by atoms with Crippen LogP contribution in [0.5, 0.6) is 0 Å². The monoisotopic (exact) mass is 592 g/mol. The van der Waals surface area contributed by atoms with Crippen LogP contribution in [-0.4, -0.2) is 0 Å². The Labute approximate surface area is 274 Å². The highest BCUT2D eigenvalue weighted by Crippen LogP contribution is 2.65. The van der Waals surface area contributed by atoms with Gasteiger partial charge in [0.1, 0.15) is 0 Å². The van der Waals surface area contributed by atoms with Crippen LogP contribution >= 0.6 is 0 Å². The highest BCUT2D eigenvalue weighted by Gasteiger charge is 2.52. The third kappa shape index (κ3) is 3.13. The molecule has 8 aromatic carbocycles. The van der Waals surface area contributed by atoms with Crippen LogP contribution in [0.1, 0.15) is 22.3 Å². The normalized spacial score (nSPS) is 15.7. The lowest BCUT2D eigenvalue weighted by molar-refractivity contribution is 0.795. The van der Waals surface area contributed by atoms with Gasteiger partial charge in [-0.2, -0.15) is 0 Å². The van der Waals surface area contributed by atoms with E-state index in [0.29, 0.717) is 0 Å². The zero-order valence-corrected chi connectivity index (χ0v) is 25.7. The minimum Gasteiger partial charge on any atom is -0.0622 e. The Morgan fingerprint density at radius 2 is 0.830 bits per heavy atom. The van der Waals surface area contributed by atoms with Crippen LogP contribution in [0.25, 0.3) is 77.5 Å². The molecule has 0 heteroatoms. The Bertz CT molecular complexity index is 2620. The molecule has 1 spiro atoms. The van der Waals surface area contributed by atoms with Gasteiger partial charge in [0.05, 0.1) is 5.41 Å². The molecular formula is C47H28. The van der Waals surface area contributed by atoms with E-state index in [0.717, 1.165) is 0 Å². The maximum atomic E-state index is 2.56. The molecule has 0 aromatic heterocycles. The van der Waals surface area contributed by atoms with Crippen molar-refractivity contribution in [2.24, 2.45) is 0 Å². The van der Waals surface area contributed by atoms with E-state index in [9.17, 15) is 0 Å². The number of fused-ring (bicyclic) bond motifs is 14. The summed E-state index contributed by atoms with van der Waals surface area (Å²) >= 11 is 0. The molecule has 0 heterocycles. The van der Waals surface area contributed by atoms with E-state index >= 15 is 0 Å². The summed E-state index contributed by atoms with van der Waals surface area (Å²) < 4.78 is 0. The summed E-state index contributed by atoms with van der Waals surface area (Å²) in [5.41, 5.74) is 20.9. The SMILES string of the molecule is c1ccc(-c2cccc(-c3ccc4c(c3)C3(c5ccccc5-4)c4ccccc4-c4c3cc3c5c(cccc45)-c4ccccc4-3)c2)cc1. The van der Waals surface area contributed by atoms with Gasteiger partial charge < -0.3 is 0 Å². The lowest BCUT2D eigenvalue weighted by Crippen LogP contribution is -2.26. The zero-order chi connectivity index (χ0) is 30.7. The molecule has 0 fully saturated rings. The van der Waals surface area contributed by atoms with Gasteiger partial charge in [-0.1, -0.05) is 152 Å². The second kappa shape index (κ2) is 9.06. The van der Waals surface area contributed by atoms with Crippen LogP contribution in [-0.2, 0) is 5.41 Å². The standard InChI is InChI=1S/C47H28/c1-2-12-29(13-3-1)30-14-10-15-31(26-30)32-24-25-36-35-18-6-8-22-41(35)47(43(36)27-32)42-23-9-7-19-38(42)46-39-21-11-20-37-33-16-4-5-17-34(33)40(45(37)39)28-44(46)47/h1-28H. The Morgan fingerprint density at radius 3 is 1.64 bits per heavy atom. The first-order chi connectivity index (χ1) is 23.3. The Hall–Kier alpha value is -5.98. The van der Waals surface area contributed by atoms with Gasteiger partial charge in [0.2, 0.25) is 0 Å². The maximum absolute atomic E-state index is 2.56. The van der Waals surface area contributed by atoms with Gasteiger partial charge in [0, 0.05) is 0 Å². The fraction of sp³-hybridized carbons (Fsp3) is 0.0213. The first-order valence-electron chi connectivity index (χ1n) is 16.5. The number of benzene rings is 8. The second-order valence-corrected chi connectivity index (χ2v) is 13.2. The summed E-state index contributed by atoms with van der Waals surface area (Å²) in [6.07, 6.45) is 0. The molecule has 3 aliphatic rings. The van der Waals surface area contributed by atoms with Crippen LogP contribution in [0.15, 0.2) is 170 Å². The molecule has 0 nitrogen and oxygen atoms in total. The lowest BCUT2D eigenvalue weighted by atomic mass is 9.69. The molecule has 216 valence electrons. The van der Waals surface area contributed by atoms with Crippen molar-refractivity contribution in [1.29, 1.82) is 0 Å². The first kappa shape index (κ1) is 25.2. The molecule has 0 saturated heterocycles. The predicted molar refractivity (Wildman–Crippen MR) is 196 cm³/mol. The largest absolute Gasteiger partial charge is 0.0726 e. The summed E-state index contributed by atoms with van der Waals surface area (Å²) in [6, 6.07) is 63.6. The molecule has 11 rings (SSSR count). The second-order valence-electron chi connectivity index (χ2n) is 13.2. The van der Waals surface area contributed by atoms with Crippen LogP contribution in [0.3, 0.4) is 0 Å². The molecule has 47 heavy (non-hydrogen) atoms. The van der Waals surface area contributed by atoms with Gasteiger partial charge in [0.25, 0.3) is 0 Å². The molecular weight excluding hydrogens is 565 g/mol. The van der Waals surface area contributed by atoms with Crippen molar-refractivity contribution < 1.29 is 0 Å². The molecule has 3 aliphatic carbocycles. The van der Waals surface area contributed by atoms with Crippen LogP contribution in [0, 0.1) is 0 Å². The van der Waals surface area contributed by atoms with Gasteiger partial charge in [-0.25, -0.2) is 0 Å². The summed E-state index contributed by atoms with van der Waals surface area (Å²) in [5.74, 6) is 0. The number of rotatable bonds is 2. The molecule has 8 aromatic rings. The van der Waals surface area contributed by atoms with Crippen LogP contribution in [0.4, 0.5) is 0 Å². The van der Waals surface area contributed by atoms with E-state index in [1.807, 2.05) is 0 Å². The van der Waals surface area contributed by atoms with E-state index in [4.69, 9.17) is 0 Å². The average Bonchev–Trinajstić information content (AvgIpc) is 3.75. The minimum absolute atomic E-state index is 0.414. The van der Waals surface area contributed by atoms with E-state index < -0.39 is 5.41 Å². The summed E-state index contributed by atoms with van der Waals surface area (Å²) in [4.78, 5) is 0. The predicted octanol–water partition coefficient (Wildman–Crippen LogP) is 12.2. The van der Waals surface area contributed by atoms with E-state index in [1.165, 1.54) is 99.8 Å². The number of hydrogen-bond donors (Lipinski definition) is 0. The maximum Gasteiger partial charge on any atom is 0.0726 e. The number of hydrogen-bond acceptors (Lipinski definition) is 0. The van der Waals surface area contributed by atoms with Gasteiger partial charge in [-0.15, -0.1) is 0 Å². The quantitative estimate of drug-likeness (QED) is 0.187. The molecule has 1 unspecified atom stereocenters.